The van der Waals surface area contributed by atoms with Crippen LogP contribution < -0.4 is 5.73 Å². The molecule has 72 valence electrons. The number of nitrogens with zero attached hydrogens (tertiary/aromatic N) is 3. The maximum atomic E-state index is 5.52. The number of nitrogens with two attached hydrogens (primary N) is 1. The van der Waals surface area contributed by atoms with E-state index in [2.05, 4.69) is 24.2 Å². The first-order valence-corrected chi connectivity index (χ1v) is 4.72. The van der Waals surface area contributed by atoms with Crippen molar-refractivity contribution in [1.29, 1.82) is 0 Å². The Morgan fingerprint density at radius 2 is 2.23 bits per heavy atom. The van der Waals surface area contributed by atoms with Gasteiger partial charge in [0, 0.05) is 6.04 Å². The molecule has 1 aromatic rings. The predicted octanol–water partition coefficient (Wildman–Crippen LogP) is 1.06. The molecule has 0 radical (unpaired) electrons. The van der Waals surface area contributed by atoms with Crippen LogP contribution in [0.3, 0.4) is 0 Å². The summed E-state index contributed by atoms with van der Waals surface area (Å²) >= 11 is 4.88. The van der Waals surface area contributed by atoms with Crippen LogP contribution in [0.2, 0.25) is 0 Å². The van der Waals surface area contributed by atoms with Crippen LogP contribution in [0.5, 0.6) is 0 Å². The second-order valence-electron chi connectivity index (χ2n) is 3.14. The van der Waals surface area contributed by atoms with E-state index >= 15 is 0 Å². The molecule has 0 bridgehead atoms. The molecule has 1 heterocycles. The van der Waals surface area contributed by atoms with Gasteiger partial charge in [-0.25, -0.2) is 4.68 Å². The average Bonchev–Trinajstić information content (AvgIpc) is 2.46. The molecule has 1 aromatic heterocycles. The molecule has 13 heavy (non-hydrogen) atoms. The number of thiocarbonyl (C=S) groups is 1. The van der Waals surface area contributed by atoms with Gasteiger partial charge in [-0.2, -0.15) is 0 Å². The average molecular weight is 198 g/mol. The van der Waals surface area contributed by atoms with E-state index in [9.17, 15) is 0 Å². The zero-order valence-corrected chi connectivity index (χ0v) is 8.93. The van der Waals surface area contributed by atoms with Crippen LogP contribution in [-0.2, 0) is 6.42 Å². The van der Waals surface area contributed by atoms with Gasteiger partial charge in [-0.1, -0.05) is 24.4 Å². The summed E-state index contributed by atoms with van der Waals surface area (Å²) in [5.74, 6) is 0. The molecule has 0 aliphatic carbocycles. The zero-order valence-electron chi connectivity index (χ0n) is 8.11. The highest BCUT2D eigenvalue weighted by Crippen LogP contribution is 2.11. The minimum Gasteiger partial charge on any atom is -0.388 e. The first-order valence-electron chi connectivity index (χ1n) is 4.31. The maximum Gasteiger partial charge on any atom is 0.143 e. The van der Waals surface area contributed by atoms with Gasteiger partial charge in [-0.3, -0.25) is 0 Å². The Kier molecular flexibility index (Phi) is 2.98. The number of rotatable bonds is 3. The summed E-state index contributed by atoms with van der Waals surface area (Å²) in [7, 11) is 0. The van der Waals surface area contributed by atoms with Gasteiger partial charge in [0.25, 0.3) is 0 Å². The van der Waals surface area contributed by atoms with E-state index < -0.39 is 0 Å². The van der Waals surface area contributed by atoms with Crippen molar-refractivity contribution in [1.82, 2.24) is 15.0 Å². The van der Waals surface area contributed by atoms with E-state index in [0.29, 0.717) is 16.7 Å². The maximum absolute atomic E-state index is 5.52. The van der Waals surface area contributed by atoms with Gasteiger partial charge in [-0.05, 0) is 20.3 Å². The van der Waals surface area contributed by atoms with Gasteiger partial charge in [0.05, 0.1) is 5.69 Å². The van der Waals surface area contributed by atoms with Crippen LogP contribution in [0, 0.1) is 0 Å². The van der Waals surface area contributed by atoms with Gasteiger partial charge in [-0.15, -0.1) is 5.10 Å². The van der Waals surface area contributed by atoms with E-state index in [0.717, 1.165) is 12.1 Å². The molecule has 1 rings (SSSR count). The molecule has 0 saturated carbocycles. The predicted molar refractivity (Wildman–Crippen MR) is 55.7 cm³/mol. The van der Waals surface area contributed by atoms with Crippen molar-refractivity contribution in [2.24, 2.45) is 5.73 Å². The summed E-state index contributed by atoms with van der Waals surface area (Å²) < 4.78 is 1.86. The van der Waals surface area contributed by atoms with Gasteiger partial charge < -0.3 is 5.73 Å². The lowest BCUT2D eigenvalue weighted by Crippen LogP contribution is -2.14. The minimum atomic E-state index is 0.297. The lowest BCUT2D eigenvalue weighted by Gasteiger charge is -2.08. The molecule has 4 nitrogen and oxygen atoms in total. The second-order valence-corrected chi connectivity index (χ2v) is 3.58. The van der Waals surface area contributed by atoms with Gasteiger partial charge in [0.1, 0.15) is 10.7 Å². The molecule has 0 aromatic carbocycles. The van der Waals surface area contributed by atoms with Gasteiger partial charge in [0.15, 0.2) is 0 Å². The van der Waals surface area contributed by atoms with Crippen molar-refractivity contribution in [2.75, 3.05) is 0 Å². The van der Waals surface area contributed by atoms with Crippen LogP contribution in [0.1, 0.15) is 38.2 Å². The zero-order chi connectivity index (χ0) is 10.0. The molecular weight excluding hydrogens is 184 g/mol. The van der Waals surface area contributed by atoms with Crippen LogP contribution >= 0.6 is 12.2 Å². The first kappa shape index (κ1) is 10.1. The largest absolute Gasteiger partial charge is 0.388 e. The Morgan fingerprint density at radius 3 is 2.62 bits per heavy atom. The van der Waals surface area contributed by atoms with Crippen LogP contribution in [0.15, 0.2) is 0 Å². The quantitative estimate of drug-likeness (QED) is 0.738. The SMILES string of the molecule is CCc1c(C(N)=S)nnn1C(C)C. The number of hydrogen-bond acceptors (Lipinski definition) is 3. The summed E-state index contributed by atoms with van der Waals surface area (Å²) in [5.41, 5.74) is 7.19. The fourth-order valence-electron chi connectivity index (χ4n) is 1.25. The molecule has 0 amide bonds. The smallest absolute Gasteiger partial charge is 0.143 e. The summed E-state index contributed by atoms with van der Waals surface area (Å²) in [6.45, 7) is 6.15. The molecule has 5 heteroatoms. The highest BCUT2D eigenvalue weighted by molar-refractivity contribution is 7.80. The minimum absolute atomic E-state index is 0.297. The topological polar surface area (TPSA) is 56.7 Å². The van der Waals surface area contributed by atoms with Crippen molar-refractivity contribution in [3.05, 3.63) is 11.4 Å². The molecule has 0 unspecified atom stereocenters. The summed E-state index contributed by atoms with van der Waals surface area (Å²) in [5, 5.41) is 7.96. The van der Waals surface area contributed by atoms with Crippen molar-refractivity contribution in [3.8, 4) is 0 Å². The molecule has 0 fully saturated rings. The number of aromatic nitrogens is 3. The Bertz CT molecular complexity index is 316. The Balaban J connectivity index is 3.18. The molecule has 0 spiro atoms. The molecular formula is C8H14N4S. The van der Waals surface area contributed by atoms with Crippen molar-refractivity contribution < 1.29 is 0 Å². The molecule has 0 aliphatic rings. The van der Waals surface area contributed by atoms with Gasteiger partial charge in [0.2, 0.25) is 0 Å². The van der Waals surface area contributed by atoms with Crippen molar-refractivity contribution in [3.63, 3.8) is 0 Å². The lowest BCUT2D eigenvalue weighted by molar-refractivity contribution is 0.496. The molecule has 0 saturated heterocycles. The summed E-state index contributed by atoms with van der Waals surface area (Å²) in [6, 6.07) is 0.297. The monoisotopic (exact) mass is 198 g/mol. The third-order valence-corrected chi connectivity index (χ3v) is 2.04. The normalized spacial score (nSPS) is 10.8. The van der Waals surface area contributed by atoms with E-state index in [-0.39, 0.29) is 0 Å². The third kappa shape index (κ3) is 1.85. The second kappa shape index (κ2) is 3.83. The van der Waals surface area contributed by atoms with E-state index in [1.165, 1.54) is 0 Å². The third-order valence-electron chi connectivity index (χ3n) is 1.85. The molecule has 0 aliphatic heterocycles. The Morgan fingerprint density at radius 1 is 1.62 bits per heavy atom. The summed E-state index contributed by atoms with van der Waals surface area (Å²) in [6.07, 6.45) is 0.845. The summed E-state index contributed by atoms with van der Waals surface area (Å²) in [4.78, 5) is 0.323. The van der Waals surface area contributed by atoms with E-state index in [4.69, 9.17) is 18.0 Å². The van der Waals surface area contributed by atoms with Crippen LogP contribution in [0.25, 0.3) is 0 Å². The van der Waals surface area contributed by atoms with Crippen molar-refractivity contribution in [2.45, 2.75) is 33.2 Å². The van der Waals surface area contributed by atoms with E-state index in [1.54, 1.807) is 0 Å². The van der Waals surface area contributed by atoms with Crippen LogP contribution in [0.4, 0.5) is 0 Å². The van der Waals surface area contributed by atoms with Gasteiger partial charge >= 0.3 is 0 Å². The van der Waals surface area contributed by atoms with Crippen molar-refractivity contribution >= 4 is 17.2 Å². The van der Waals surface area contributed by atoms with E-state index in [1.807, 2.05) is 11.6 Å². The number of hydrogen-bond donors (Lipinski definition) is 1. The highest BCUT2D eigenvalue weighted by atomic mass is 32.1. The van der Waals surface area contributed by atoms with Crippen LogP contribution in [-0.4, -0.2) is 20.0 Å². The molecule has 2 N–H and O–H groups in total. The lowest BCUT2D eigenvalue weighted by atomic mass is 10.2. The molecule has 0 atom stereocenters. The fraction of sp³-hybridized carbons (Fsp3) is 0.625. The first-order chi connectivity index (χ1) is 6.07. The Hall–Kier alpha value is -0.970. The standard InChI is InChI=1S/C8H14N4S/c1-4-6-7(8(9)13)10-11-12(6)5(2)3/h5H,4H2,1-3H3,(H2,9,13). The highest BCUT2D eigenvalue weighted by Gasteiger charge is 2.14. The Labute approximate surface area is 83.1 Å². The fourth-order valence-corrected chi connectivity index (χ4v) is 1.41.